The van der Waals surface area contributed by atoms with Gasteiger partial charge in [-0.2, -0.15) is 0 Å². The molecule has 0 bridgehead atoms. The fourth-order valence-corrected chi connectivity index (χ4v) is 4.98. The largest absolute Gasteiger partial charge is 0.352 e. The molecule has 1 aliphatic rings. The summed E-state index contributed by atoms with van der Waals surface area (Å²) in [5.41, 5.74) is 2.43. The lowest BCUT2D eigenvalue weighted by molar-refractivity contribution is -0.116. The van der Waals surface area contributed by atoms with Crippen molar-refractivity contribution < 1.29 is 13.6 Å². The van der Waals surface area contributed by atoms with Crippen LogP contribution in [0.15, 0.2) is 85.2 Å². The SMILES string of the molecule is O=C(CCN1C(=S)NC(c2ccccn2)C1c1cccn1-c1ccc(F)c(Cl)c1)Nc1ccccc1F. The van der Waals surface area contributed by atoms with Gasteiger partial charge >= 0.3 is 0 Å². The number of aromatic nitrogens is 2. The van der Waals surface area contributed by atoms with E-state index in [1.165, 1.54) is 18.2 Å². The Morgan fingerprint density at radius 3 is 2.62 bits per heavy atom. The lowest BCUT2D eigenvalue weighted by atomic mass is 10.0. The Balaban J connectivity index is 1.46. The Morgan fingerprint density at radius 1 is 1.05 bits per heavy atom. The van der Waals surface area contributed by atoms with Crippen LogP contribution in [0.5, 0.6) is 0 Å². The molecule has 5 rings (SSSR count). The molecule has 2 aromatic heterocycles. The lowest BCUT2D eigenvalue weighted by Crippen LogP contribution is -2.33. The quantitative estimate of drug-likeness (QED) is 0.292. The molecular weight excluding hydrogens is 516 g/mol. The minimum atomic E-state index is -0.503. The summed E-state index contributed by atoms with van der Waals surface area (Å²) in [6.07, 6.45) is 3.64. The minimum Gasteiger partial charge on any atom is -0.352 e. The van der Waals surface area contributed by atoms with Crippen LogP contribution in [0.3, 0.4) is 0 Å². The highest BCUT2D eigenvalue weighted by atomic mass is 35.5. The van der Waals surface area contributed by atoms with E-state index in [1.54, 1.807) is 30.5 Å². The number of benzene rings is 2. The van der Waals surface area contributed by atoms with Gasteiger partial charge in [0, 0.05) is 36.7 Å². The predicted octanol–water partition coefficient (Wildman–Crippen LogP) is 5.81. The molecule has 1 saturated heterocycles. The Bertz CT molecular complexity index is 1450. The molecule has 0 spiro atoms. The third-order valence-electron chi connectivity index (χ3n) is 6.19. The van der Waals surface area contributed by atoms with Crippen molar-refractivity contribution in [3.8, 4) is 5.69 Å². The van der Waals surface area contributed by atoms with Crippen molar-refractivity contribution in [1.29, 1.82) is 0 Å². The second-order valence-corrected chi connectivity index (χ2v) is 9.29. The number of amides is 1. The molecule has 6 nitrogen and oxygen atoms in total. The van der Waals surface area contributed by atoms with Crippen molar-refractivity contribution >= 4 is 40.5 Å². The van der Waals surface area contributed by atoms with Gasteiger partial charge in [0.2, 0.25) is 5.91 Å². The van der Waals surface area contributed by atoms with Crippen LogP contribution in [0.1, 0.15) is 29.9 Å². The molecule has 0 aliphatic carbocycles. The minimum absolute atomic E-state index is 0.0140. The van der Waals surface area contributed by atoms with E-state index in [9.17, 15) is 13.6 Å². The number of hydrogen-bond acceptors (Lipinski definition) is 3. The number of carbonyl (C=O) groups is 1. The van der Waals surface area contributed by atoms with Crippen LogP contribution in [-0.4, -0.2) is 32.0 Å². The van der Waals surface area contributed by atoms with Crippen LogP contribution in [0.4, 0.5) is 14.5 Å². The van der Waals surface area contributed by atoms with Crippen molar-refractivity contribution in [3.63, 3.8) is 0 Å². The third kappa shape index (κ3) is 5.19. The van der Waals surface area contributed by atoms with Gasteiger partial charge in [0.15, 0.2) is 5.11 Å². The number of carbonyl (C=O) groups excluding carboxylic acids is 1. The zero-order chi connectivity index (χ0) is 25.9. The molecule has 1 amide bonds. The first-order valence-electron chi connectivity index (χ1n) is 11.6. The molecule has 3 heterocycles. The number of nitrogens with zero attached hydrogens (tertiary/aromatic N) is 3. The molecule has 2 atom stereocenters. The van der Waals surface area contributed by atoms with Crippen LogP contribution in [0, 0.1) is 11.6 Å². The van der Waals surface area contributed by atoms with Gasteiger partial charge in [0.05, 0.1) is 28.5 Å². The molecule has 1 aliphatic heterocycles. The summed E-state index contributed by atoms with van der Waals surface area (Å²) < 4.78 is 29.8. The molecule has 2 N–H and O–H groups in total. The van der Waals surface area contributed by atoms with E-state index in [2.05, 4.69) is 15.6 Å². The molecule has 37 heavy (non-hydrogen) atoms. The van der Waals surface area contributed by atoms with Gasteiger partial charge in [-0.05, 0) is 66.8 Å². The molecule has 1 fully saturated rings. The third-order valence-corrected chi connectivity index (χ3v) is 6.83. The van der Waals surface area contributed by atoms with E-state index in [0.717, 1.165) is 11.4 Å². The van der Waals surface area contributed by atoms with E-state index in [1.807, 2.05) is 46.0 Å². The topological polar surface area (TPSA) is 62.2 Å². The van der Waals surface area contributed by atoms with E-state index in [-0.39, 0.29) is 41.7 Å². The van der Waals surface area contributed by atoms with Crippen molar-refractivity contribution in [2.45, 2.75) is 18.5 Å². The first-order chi connectivity index (χ1) is 17.9. The highest BCUT2D eigenvalue weighted by Crippen LogP contribution is 2.39. The first kappa shape index (κ1) is 24.9. The number of para-hydroxylation sites is 1. The van der Waals surface area contributed by atoms with Crippen molar-refractivity contribution in [3.05, 3.63) is 113 Å². The summed E-state index contributed by atoms with van der Waals surface area (Å²) >= 11 is 11.8. The van der Waals surface area contributed by atoms with Gasteiger partial charge < -0.3 is 20.1 Å². The molecular formula is C27H22ClF2N5OS. The Hall–Kier alpha value is -3.82. The molecule has 4 aromatic rings. The van der Waals surface area contributed by atoms with E-state index < -0.39 is 11.6 Å². The van der Waals surface area contributed by atoms with Gasteiger partial charge in [-0.3, -0.25) is 9.78 Å². The van der Waals surface area contributed by atoms with Gasteiger partial charge in [-0.15, -0.1) is 0 Å². The Morgan fingerprint density at radius 2 is 1.86 bits per heavy atom. The smallest absolute Gasteiger partial charge is 0.226 e. The number of anilines is 1. The maximum absolute atomic E-state index is 14.0. The number of halogens is 3. The van der Waals surface area contributed by atoms with E-state index in [4.69, 9.17) is 23.8 Å². The summed E-state index contributed by atoms with van der Waals surface area (Å²) in [5, 5.41) is 6.44. The maximum Gasteiger partial charge on any atom is 0.226 e. The maximum atomic E-state index is 14.0. The number of rotatable bonds is 7. The van der Waals surface area contributed by atoms with Gasteiger partial charge in [0.1, 0.15) is 11.6 Å². The lowest BCUT2D eigenvalue weighted by Gasteiger charge is -2.29. The average molecular weight is 538 g/mol. The van der Waals surface area contributed by atoms with Gasteiger partial charge in [-0.25, -0.2) is 8.78 Å². The summed E-state index contributed by atoms with van der Waals surface area (Å²) in [7, 11) is 0. The summed E-state index contributed by atoms with van der Waals surface area (Å²) in [6.45, 7) is 0.273. The molecule has 0 saturated carbocycles. The standard InChI is InChI=1S/C27H22ClF2N5OS/c28-18-16-17(10-11-19(18)29)34-14-5-9-23(34)26-25(22-8-3-4-13-31-22)33-27(37)35(26)15-12-24(36)32-21-7-2-1-6-20(21)30/h1-11,13-14,16,25-26H,12,15H2,(H,32,36)(H,33,37). The Labute approximate surface area is 222 Å². The first-order valence-corrected chi connectivity index (χ1v) is 12.4. The number of pyridine rings is 1. The van der Waals surface area contributed by atoms with Crippen LogP contribution in [0.2, 0.25) is 5.02 Å². The highest BCUT2D eigenvalue weighted by molar-refractivity contribution is 7.80. The monoisotopic (exact) mass is 537 g/mol. The number of hydrogen-bond donors (Lipinski definition) is 2. The van der Waals surface area contributed by atoms with Crippen molar-refractivity contribution in [2.75, 3.05) is 11.9 Å². The number of thiocarbonyl (C=S) groups is 1. The molecule has 2 aromatic carbocycles. The zero-order valence-corrected chi connectivity index (χ0v) is 21.0. The fourth-order valence-electron chi connectivity index (χ4n) is 4.47. The van der Waals surface area contributed by atoms with Crippen molar-refractivity contribution in [2.24, 2.45) is 0 Å². The summed E-state index contributed by atoms with van der Waals surface area (Å²) in [4.78, 5) is 19.1. The van der Waals surface area contributed by atoms with E-state index in [0.29, 0.717) is 10.8 Å². The fraction of sp³-hybridized carbons (Fsp3) is 0.148. The number of nitrogens with one attached hydrogen (secondary N) is 2. The molecule has 2 unspecified atom stereocenters. The highest BCUT2D eigenvalue weighted by Gasteiger charge is 2.41. The van der Waals surface area contributed by atoms with Crippen LogP contribution < -0.4 is 10.6 Å². The van der Waals surface area contributed by atoms with Crippen molar-refractivity contribution in [1.82, 2.24) is 19.8 Å². The average Bonchev–Trinajstić information content (AvgIpc) is 3.50. The molecule has 0 radical (unpaired) electrons. The summed E-state index contributed by atoms with van der Waals surface area (Å²) in [5.74, 6) is -1.34. The zero-order valence-electron chi connectivity index (χ0n) is 19.4. The predicted molar refractivity (Wildman–Crippen MR) is 143 cm³/mol. The Kier molecular flexibility index (Phi) is 7.16. The van der Waals surface area contributed by atoms with Crippen LogP contribution in [0.25, 0.3) is 5.69 Å². The second-order valence-electron chi connectivity index (χ2n) is 8.50. The van der Waals surface area contributed by atoms with Crippen LogP contribution >= 0.6 is 23.8 Å². The summed E-state index contributed by atoms with van der Waals surface area (Å²) in [6, 6.07) is 19.3. The second kappa shape index (κ2) is 10.7. The molecule has 10 heteroatoms. The van der Waals surface area contributed by atoms with Crippen LogP contribution in [-0.2, 0) is 4.79 Å². The van der Waals surface area contributed by atoms with E-state index >= 15 is 0 Å². The normalized spacial score (nSPS) is 17.1. The van der Waals surface area contributed by atoms with Gasteiger partial charge in [0.25, 0.3) is 0 Å². The van der Waals surface area contributed by atoms with Gasteiger partial charge in [-0.1, -0.05) is 29.8 Å². The molecule has 188 valence electrons.